The summed E-state index contributed by atoms with van der Waals surface area (Å²) in [5.41, 5.74) is 3.88. The molecule has 0 radical (unpaired) electrons. The Kier molecular flexibility index (Phi) is 2.73. The summed E-state index contributed by atoms with van der Waals surface area (Å²) < 4.78 is 2.17. The number of hydrogen-bond acceptors (Lipinski definition) is 1. The first-order valence-corrected chi connectivity index (χ1v) is 6.72. The molecule has 1 aliphatic carbocycles. The number of aromatic nitrogens is 1. The van der Waals surface area contributed by atoms with E-state index < -0.39 is 0 Å². The summed E-state index contributed by atoms with van der Waals surface area (Å²) in [6.07, 6.45) is 6.04. The highest BCUT2D eigenvalue weighted by Gasteiger charge is 2.25. The number of ketones is 1. The van der Waals surface area contributed by atoms with Crippen LogP contribution in [-0.4, -0.2) is 10.4 Å². The Hall–Kier alpha value is -1.57. The number of rotatable bonds is 2. The zero-order valence-electron chi connectivity index (χ0n) is 11.1. The van der Waals surface area contributed by atoms with E-state index in [-0.39, 0.29) is 5.92 Å². The van der Waals surface area contributed by atoms with E-state index >= 15 is 0 Å². The lowest BCUT2D eigenvalue weighted by Gasteiger charge is -2.06. The lowest BCUT2D eigenvalue weighted by atomic mass is 9.96. The zero-order valence-corrected chi connectivity index (χ0v) is 11.1. The van der Waals surface area contributed by atoms with Crippen LogP contribution in [0.5, 0.6) is 0 Å². The minimum absolute atomic E-state index is 0.260. The van der Waals surface area contributed by atoms with Crippen molar-refractivity contribution in [3.8, 4) is 0 Å². The highest BCUT2D eigenvalue weighted by Crippen LogP contribution is 2.29. The minimum Gasteiger partial charge on any atom is -0.350 e. The van der Waals surface area contributed by atoms with Gasteiger partial charge >= 0.3 is 0 Å². The topological polar surface area (TPSA) is 22.0 Å². The molecule has 0 spiro atoms. The van der Waals surface area contributed by atoms with Crippen LogP contribution in [0.2, 0.25) is 0 Å². The molecule has 0 aliphatic heterocycles. The molecular weight excluding hydrogens is 222 g/mol. The molecule has 1 aliphatic rings. The van der Waals surface area contributed by atoms with Crippen molar-refractivity contribution < 1.29 is 4.79 Å². The minimum atomic E-state index is 0.260. The summed E-state index contributed by atoms with van der Waals surface area (Å²) in [6.45, 7) is 2.12. The van der Waals surface area contributed by atoms with Gasteiger partial charge in [-0.3, -0.25) is 4.79 Å². The molecule has 0 amide bonds. The van der Waals surface area contributed by atoms with Gasteiger partial charge in [0.05, 0.1) is 0 Å². The number of aryl methyl sites for hydroxylation is 2. The predicted octanol–water partition coefficient (Wildman–Crippen LogP) is 3.40. The largest absolute Gasteiger partial charge is 0.350 e. The smallest absolute Gasteiger partial charge is 0.136 e. The predicted molar refractivity (Wildman–Crippen MR) is 73.7 cm³/mol. The zero-order chi connectivity index (χ0) is 12.7. The average molecular weight is 241 g/mol. The molecule has 1 aromatic heterocycles. The van der Waals surface area contributed by atoms with Crippen molar-refractivity contribution in [2.75, 3.05) is 0 Å². The van der Waals surface area contributed by atoms with Crippen molar-refractivity contribution in [3.05, 3.63) is 35.5 Å². The molecule has 0 bridgehead atoms. The highest BCUT2D eigenvalue weighted by atomic mass is 16.1. The number of carbonyl (C=O) groups is 1. The van der Waals surface area contributed by atoms with Gasteiger partial charge < -0.3 is 4.57 Å². The number of Topliss-reactive ketones (excluding diaryl/α,β-unsaturated/α-hetero) is 1. The Bertz CT molecular complexity index is 609. The third kappa shape index (κ3) is 1.86. The van der Waals surface area contributed by atoms with E-state index in [1.54, 1.807) is 0 Å². The summed E-state index contributed by atoms with van der Waals surface area (Å²) in [5.74, 6) is 0.718. The SMILES string of the molecule is Cc1ccc2c(c1)c(CC1CCCC1=O)cn2C. The van der Waals surface area contributed by atoms with Gasteiger partial charge in [0.25, 0.3) is 0 Å². The third-order valence-corrected chi connectivity index (χ3v) is 4.12. The van der Waals surface area contributed by atoms with Crippen molar-refractivity contribution in [1.82, 2.24) is 4.57 Å². The van der Waals surface area contributed by atoms with Gasteiger partial charge in [-0.25, -0.2) is 0 Å². The van der Waals surface area contributed by atoms with Gasteiger partial charge in [0.1, 0.15) is 5.78 Å². The van der Waals surface area contributed by atoms with Crippen molar-refractivity contribution in [2.45, 2.75) is 32.6 Å². The third-order valence-electron chi connectivity index (χ3n) is 4.12. The molecule has 1 aromatic carbocycles. The second-order valence-electron chi connectivity index (χ2n) is 5.55. The maximum atomic E-state index is 11.8. The first-order chi connectivity index (χ1) is 8.65. The molecule has 3 rings (SSSR count). The van der Waals surface area contributed by atoms with Gasteiger partial charge in [0, 0.05) is 36.5 Å². The quantitative estimate of drug-likeness (QED) is 0.790. The fourth-order valence-electron chi connectivity index (χ4n) is 3.12. The molecular formula is C16H19NO. The molecule has 0 N–H and O–H groups in total. The molecule has 1 saturated carbocycles. The van der Waals surface area contributed by atoms with Gasteiger partial charge in [-0.05, 0) is 43.9 Å². The maximum absolute atomic E-state index is 11.8. The van der Waals surface area contributed by atoms with Crippen molar-refractivity contribution >= 4 is 16.7 Å². The molecule has 2 aromatic rings. The molecule has 2 nitrogen and oxygen atoms in total. The van der Waals surface area contributed by atoms with E-state index in [1.807, 2.05) is 0 Å². The van der Waals surface area contributed by atoms with Gasteiger partial charge in [-0.15, -0.1) is 0 Å². The van der Waals surface area contributed by atoms with Gasteiger partial charge in [0.2, 0.25) is 0 Å². The van der Waals surface area contributed by atoms with Crippen molar-refractivity contribution in [3.63, 3.8) is 0 Å². The first-order valence-electron chi connectivity index (χ1n) is 6.72. The number of fused-ring (bicyclic) bond motifs is 1. The van der Waals surface area contributed by atoms with E-state index in [2.05, 4.69) is 42.9 Å². The van der Waals surface area contributed by atoms with Crippen LogP contribution in [-0.2, 0) is 18.3 Å². The van der Waals surface area contributed by atoms with Gasteiger partial charge in [-0.1, -0.05) is 11.6 Å². The number of nitrogens with zero attached hydrogens (tertiary/aromatic N) is 1. The van der Waals surface area contributed by atoms with Crippen molar-refractivity contribution in [1.29, 1.82) is 0 Å². The summed E-state index contributed by atoms with van der Waals surface area (Å²) in [6, 6.07) is 6.56. The maximum Gasteiger partial charge on any atom is 0.136 e. The first kappa shape index (κ1) is 11.5. The average Bonchev–Trinajstić information content (AvgIpc) is 2.86. The van der Waals surface area contributed by atoms with Crippen LogP contribution in [0.25, 0.3) is 10.9 Å². The van der Waals surface area contributed by atoms with Crippen LogP contribution < -0.4 is 0 Å². The van der Waals surface area contributed by atoms with E-state index in [0.717, 1.165) is 25.7 Å². The van der Waals surface area contributed by atoms with Crippen LogP contribution in [0, 0.1) is 12.8 Å². The molecule has 0 saturated heterocycles. The van der Waals surface area contributed by atoms with Gasteiger partial charge in [0.15, 0.2) is 0 Å². The summed E-state index contributed by atoms with van der Waals surface area (Å²) in [7, 11) is 2.08. The normalized spacial score (nSPS) is 19.9. The summed E-state index contributed by atoms with van der Waals surface area (Å²) in [4.78, 5) is 11.8. The van der Waals surface area contributed by atoms with Crippen LogP contribution in [0.1, 0.15) is 30.4 Å². The van der Waals surface area contributed by atoms with Crippen LogP contribution in [0.3, 0.4) is 0 Å². The molecule has 1 heterocycles. The van der Waals surface area contributed by atoms with E-state index in [0.29, 0.717) is 5.78 Å². The highest BCUT2D eigenvalue weighted by molar-refractivity contribution is 5.87. The molecule has 94 valence electrons. The fourth-order valence-corrected chi connectivity index (χ4v) is 3.12. The van der Waals surface area contributed by atoms with E-state index in [9.17, 15) is 4.79 Å². The number of hydrogen-bond donors (Lipinski definition) is 0. The second-order valence-corrected chi connectivity index (χ2v) is 5.55. The van der Waals surface area contributed by atoms with Crippen LogP contribution in [0.4, 0.5) is 0 Å². The number of benzene rings is 1. The van der Waals surface area contributed by atoms with Crippen molar-refractivity contribution in [2.24, 2.45) is 13.0 Å². The van der Waals surface area contributed by atoms with E-state index in [4.69, 9.17) is 0 Å². The second kappa shape index (κ2) is 4.27. The molecule has 2 heteroatoms. The monoisotopic (exact) mass is 241 g/mol. The Labute approximate surface area is 108 Å². The fraction of sp³-hybridized carbons (Fsp3) is 0.438. The number of carbonyl (C=O) groups excluding carboxylic acids is 1. The molecule has 18 heavy (non-hydrogen) atoms. The molecule has 1 atom stereocenters. The van der Waals surface area contributed by atoms with E-state index in [1.165, 1.54) is 22.0 Å². The van der Waals surface area contributed by atoms with Gasteiger partial charge in [-0.2, -0.15) is 0 Å². The van der Waals surface area contributed by atoms with Crippen LogP contribution in [0.15, 0.2) is 24.4 Å². The lowest BCUT2D eigenvalue weighted by Crippen LogP contribution is -2.09. The Morgan fingerprint density at radius 2 is 2.22 bits per heavy atom. The summed E-state index contributed by atoms with van der Waals surface area (Å²) in [5, 5.41) is 1.32. The molecule has 1 fully saturated rings. The summed E-state index contributed by atoms with van der Waals surface area (Å²) >= 11 is 0. The van der Waals surface area contributed by atoms with Crippen LogP contribution >= 0.6 is 0 Å². The standard InChI is InChI=1S/C16H19NO/c1-11-6-7-15-14(8-11)13(10-17(15)2)9-12-4-3-5-16(12)18/h6-8,10,12H,3-5,9H2,1-2H3. The lowest BCUT2D eigenvalue weighted by molar-refractivity contribution is -0.120. The Morgan fingerprint density at radius 3 is 2.94 bits per heavy atom. The Balaban J connectivity index is 2.01. The molecule has 1 unspecified atom stereocenters. The Morgan fingerprint density at radius 1 is 1.39 bits per heavy atom.